The van der Waals surface area contributed by atoms with E-state index >= 15 is 0 Å². The number of carbonyl (C=O) groups excluding carboxylic acids is 2. The van der Waals surface area contributed by atoms with E-state index in [-0.39, 0.29) is 42.8 Å². The van der Waals surface area contributed by atoms with E-state index in [0.717, 1.165) is 58.3 Å². The molecule has 32 heavy (non-hydrogen) atoms. The van der Waals surface area contributed by atoms with E-state index in [9.17, 15) is 22.6 Å². The Bertz CT molecular complexity index is 620. The van der Waals surface area contributed by atoms with E-state index in [1.54, 1.807) is 0 Å². The van der Waals surface area contributed by atoms with E-state index in [4.69, 9.17) is 9.47 Å². The molecule has 7 nitrogen and oxygen atoms in total. The van der Waals surface area contributed by atoms with Crippen LogP contribution in [0.5, 0.6) is 0 Å². The van der Waals surface area contributed by atoms with Gasteiger partial charge in [0.2, 0.25) is 4.75 Å². The first kappa shape index (κ1) is 34.0. The topological polar surface area (TPSA) is 107 Å². The van der Waals surface area contributed by atoms with Crippen LogP contribution in [0.25, 0.3) is 0 Å². The van der Waals surface area contributed by atoms with Crippen LogP contribution in [0, 0.1) is 11.8 Å². The summed E-state index contributed by atoms with van der Waals surface area (Å²) in [5, 5.41) is 0. The Morgan fingerprint density at radius 3 is 1.59 bits per heavy atom. The third kappa shape index (κ3) is 15.6. The average Bonchev–Trinajstić information content (AvgIpc) is 2.64. The molecular formula is C23H44NaO7S. The molecule has 0 spiro atoms. The van der Waals surface area contributed by atoms with Crippen LogP contribution in [0.3, 0.4) is 0 Å². The Labute approximate surface area is 217 Å². The van der Waals surface area contributed by atoms with Crippen molar-refractivity contribution in [2.75, 3.05) is 13.2 Å². The Hall–Kier alpha value is -0.150. The second-order valence-corrected chi connectivity index (χ2v) is 11.3. The number of hydrogen-bond acceptors (Lipinski definition) is 6. The van der Waals surface area contributed by atoms with Crippen molar-refractivity contribution in [2.45, 2.75) is 110 Å². The second-order valence-electron chi connectivity index (χ2n) is 9.43. The molecule has 0 aliphatic heterocycles. The van der Waals surface area contributed by atoms with Crippen molar-refractivity contribution in [3.8, 4) is 0 Å². The number of ether oxygens (including phenoxy) is 2. The summed E-state index contributed by atoms with van der Waals surface area (Å²) in [6.45, 7) is 9.89. The largest absolute Gasteiger partial charge is 0.466 e. The molecule has 1 atom stereocenters. The van der Waals surface area contributed by atoms with Gasteiger partial charge in [0.05, 0.1) is 19.6 Å². The molecule has 1 unspecified atom stereocenters. The van der Waals surface area contributed by atoms with Crippen LogP contribution in [0.15, 0.2) is 0 Å². The first-order valence-corrected chi connectivity index (χ1v) is 13.1. The fourth-order valence-electron chi connectivity index (χ4n) is 3.12. The minimum atomic E-state index is -4.85. The third-order valence-electron chi connectivity index (χ3n) is 5.33. The van der Waals surface area contributed by atoms with Gasteiger partial charge in [-0.05, 0) is 31.6 Å². The molecule has 0 aliphatic carbocycles. The Balaban J connectivity index is 0. The van der Waals surface area contributed by atoms with E-state index in [1.165, 1.54) is 0 Å². The molecule has 0 saturated carbocycles. The van der Waals surface area contributed by atoms with Gasteiger partial charge in [-0.3, -0.25) is 14.1 Å². The first-order valence-electron chi connectivity index (χ1n) is 11.7. The summed E-state index contributed by atoms with van der Waals surface area (Å²) in [7, 11) is -4.85. The number of unbranched alkanes of at least 4 members (excludes halogenated alkanes) is 6. The zero-order valence-electron chi connectivity index (χ0n) is 21.2. The molecular weight excluding hydrogens is 443 g/mol. The van der Waals surface area contributed by atoms with E-state index in [2.05, 4.69) is 27.7 Å². The number of hydrogen-bond donors (Lipinski definition) is 1. The minimum absolute atomic E-state index is 0. The predicted molar refractivity (Wildman–Crippen MR) is 128 cm³/mol. The van der Waals surface area contributed by atoms with Crippen molar-refractivity contribution in [1.29, 1.82) is 0 Å². The normalized spacial score (nSPS) is 13.5. The van der Waals surface area contributed by atoms with Gasteiger partial charge >= 0.3 is 11.9 Å². The summed E-state index contributed by atoms with van der Waals surface area (Å²) < 4.78 is 41.0. The van der Waals surface area contributed by atoms with Crippen LogP contribution in [0.4, 0.5) is 0 Å². The van der Waals surface area contributed by atoms with E-state index in [1.807, 2.05) is 0 Å². The van der Waals surface area contributed by atoms with Crippen molar-refractivity contribution in [2.24, 2.45) is 11.8 Å². The van der Waals surface area contributed by atoms with Crippen molar-refractivity contribution in [3.63, 3.8) is 0 Å². The Kier molecular flexibility index (Phi) is 19.4. The Morgan fingerprint density at radius 2 is 1.19 bits per heavy atom. The quantitative estimate of drug-likeness (QED) is 0.126. The Morgan fingerprint density at radius 1 is 0.781 bits per heavy atom. The second kappa shape index (κ2) is 18.2. The first-order chi connectivity index (χ1) is 14.4. The van der Waals surface area contributed by atoms with Gasteiger partial charge in [0, 0.05) is 29.6 Å². The summed E-state index contributed by atoms with van der Waals surface area (Å²) in [5.74, 6) is -0.644. The van der Waals surface area contributed by atoms with Crippen LogP contribution < -0.4 is 0 Å². The minimum Gasteiger partial charge on any atom is -0.466 e. The van der Waals surface area contributed by atoms with E-state index in [0.29, 0.717) is 24.7 Å². The standard InChI is InChI=1S/C23H44O7S.Na/c1-19(2)14-10-6-8-12-16-29-21(24)18-23(5,31(26,27)28)22(25)30-17-13-9-7-11-15-20(3)4;/h19-20H,6-18H2,1-5H3,(H,26,27,28);. The van der Waals surface area contributed by atoms with Crippen molar-refractivity contribution in [1.82, 2.24) is 0 Å². The van der Waals surface area contributed by atoms with Crippen LogP contribution in [-0.4, -0.2) is 72.4 Å². The average molecular weight is 488 g/mol. The molecule has 0 bridgehead atoms. The molecule has 0 aromatic heterocycles. The van der Waals surface area contributed by atoms with Gasteiger partial charge in [-0.1, -0.05) is 79.1 Å². The molecule has 0 heterocycles. The molecule has 0 amide bonds. The number of carbonyl (C=O) groups is 2. The molecule has 1 radical (unpaired) electrons. The zero-order chi connectivity index (χ0) is 23.9. The summed E-state index contributed by atoms with van der Waals surface area (Å²) in [6, 6.07) is 0. The summed E-state index contributed by atoms with van der Waals surface area (Å²) in [4.78, 5) is 24.4. The van der Waals surface area contributed by atoms with Crippen molar-refractivity contribution < 1.29 is 32.0 Å². The molecule has 0 aromatic carbocycles. The monoisotopic (exact) mass is 487 g/mol. The summed E-state index contributed by atoms with van der Waals surface area (Å²) in [6.07, 6.45) is 8.85. The van der Waals surface area contributed by atoms with Gasteiger partial charge in [0.1, 0.15) is 0 Å². The molecule has 1 N–H and O–H groups in total. The number of esters is 2. The van der Waals surface area contributed by atoms with Gasteiger partial charge in [0.15, 0.2) is 0 Å². The third-order valence-corrected chi connectivity index (χ3v) is 6.78. The van der Waals surface area contributed by atoms with Gasteiger partial charge < -0.3 is 9.47 Å². The maximum absolute atomic E-state index is 12.4. The summed E-state index contributed by atoms with van der Waals surface area (Å²) in [5.41, 5.74) is 0. The molecule has 185 valence electrons. The molecule has 0 saturated heterocycles. The van der Waals surface area contributed by atoms with Crippen molar-refractivity contribution >= 4 is 51.6 Å². The fourth-order valence-corrected chi connectivity index (χ4v) is 3.68. The maximum atomic E-state index is 12.4. The predicted octanol–water partition coefficient (Wildman–Crippen LogP) is 4.94. The summed E-state index contributed by atoms with van der Waals surface area (Å²) >= 11 is 0. The smallest absolute Gasteiger partial charge is 0.330 e. The molecule has 0 aliphatic rings. The van der Waals surface area contributed by atoms with Crippen LogP contribution in [0.2, 0.25) is 0 Å². The van der Waals surface area contributed by atoms with Crippen LogP contribution in [0.1, 0.15) is 105 Å². The maximum Gasteiger partial charge on any atom is 0.330 e. The van der Waals surface area contributed by atoms with Gasteiger partial charge in [-0.2, -0.15) is 8.42 Å². The van der Waals surface area contributed by atoms with Gasteiger partial charge in [0.25, 0.3) is 10.1 Å². The zero-order valence-corrected chi connectivity index (χ0v) is 24.0. The number of rotatable bonds is 18. The molecule has 0 aromatic rings. The van der Waals surface area contributed by atoms with Gasteiger partial charge in [-0.15, -0.1) is 0 Å². The molecule has 9 heteroatoms. The van der Waals surface area contributed by atoms with Crippen molar-refractivity contribution in [3.05, 3.63) is 0 Å². The molecule has 0 fully saturated rings. The van der Waals surface area contributed by atoms with E-state index < -0.39 is 33.2 Å². The van der Waals surface area contributed by atoms with Crippen LogP contribution in [-0.2, 0) is 29.2 Å². The molecule has 0 rings (SSSR count). The fraction of sp³-hybridized carbons (Fsp3) is 0.913. The van der Waals surface area contributed by atoms with Gasteiger partial charge in [-0.25, -0.2) is 0 Å². The van der Waals surface area contributed by atoms with Crippen LogP contribution >= 0.6 is 0 Å². The SMILES string of the molecule is CC(C)CCCCCCOC(=O)CC(C)(C(=O)OCCCCCCC(C)C)S(=O)(=O)O.[Na].